The molecule has 0 fully saturated rings. The smallest absolute Gasteiger partial charge is 0.326 e. The second-order valence-electron chi connectivity index (χ2n) is 8.99. The largest absolute Gasteiger partial charge is 0.480 e. The van der Waals surface area contributed by atoms with Crippen molar-refractivity contribution in [2.24, 2.45) is 17.6 Å². The Kier molecular flexibility index (Phi) is 12.7. The molecule has 1 heterocycles. The van der Waals surface area contributed by atoms with Gasteiger partial charge in [-0.1, -0.05) is 27.7 Å². The second kappa shape index (κ2) is 14.6. The van der Waals surface area contributed by atoms with Crippen LogP contribution in [0.2, 0.25) is 0 Å². The number of aromatic nitrogens is 2. The molecule has 192 valence electrons. The van der Waals surface area contributed by atoms with Gasteiger partial charge >= 0.3 is 5.97 Å². The van der Waals surface area contributed by atoms with Gasteiger partial charge in [-0.05, 0) is 36.7 Å². The van der Waals surface area contributed by atoms with Gasteiger partial charge in [-0.3, -0.25) is 14.4 Å². The highest BCUT2D eigenvalue weighted by Gasteiger charge is 2.31. The summed E-state index contributed by atoms with van der Waals surface area (Å²) in [6, 6.07) is -3.80. The normalized spacial score (nSPS) is 14.8. The number of thioether (sulfide) groups is 1. The fraction of sp³-hybridized carbons (Fsp3) is 0.682. The molecule has 1 aromatic rings. The summed E-state index contributed by atoms with van der Waals surface area (Å²) in [5.74, 6) is -2.41. The number of aromatic amines is 1. The number of H-pyrrole nitrogens is 1. The van der Waals surface area contributed by atoms with Crippen LogP contribution in [0.1, 0.15) is 46.2 Å². The minimum Gasteiger partial charge on any atom is -0.480 e. The first-order valence-electron chi connectivity index (χ1n) is 11.3. The number of aliphatic carboxylic acids is 1. The van der Waals surface area contributed by atoms with Crippen molar-refractivity contribution in [1.82, 2.24) is 25.9 Å². The van der Waals surface area contributed by atoms with Gasteiger partial charge < -0.3 is 31.8 Å². The third-order valence-corrected chi connectivity index (χ3v) is 5.79. The lowest BCUT2D eigenvalue weighted by Gasteiger charge is -2.26. The molecule has 11 nitrogen and oxygen atoms in total. The number of carboxylic acid groups (broad SMARTS) is 1. The van der Waals surface area contributed by atoms with Crippen molar-refractivity contribution in [2.75, 3.05) is 12.0 Å². The molecule has 4 unspecified atom stereocenters. The number of nitrogens with one attached hydrogen (secondary N) is 4. The minimum atomic E-state index is -1.14. The molecule has 0 aromatic carbocycles. The lowest BCUT2D eigenvalue weighted by atomic mass is 10.00. The van der Waals surface area contributed by atoms with E-state index in [0.29, 0.717) is 24.3 Å². The summed E-state index contributed by atoms with van der Waals surface area (Å²) in [7, 11) is 0. The molecule has 3 amide bonds. The highest BCUT2D eigenvalue weighted by molar-refractivity contribution is 7.98. The number of nitrogens with two attached hydrogens (primary N) is 1. The van der Waals surface area contributed by atoms with Gasteiger partial charge in [0.1, 0.15) is 18.1 Å². The van der Waals surface area contributed by atoms with E-state index in [2.05, 4.69) is 25.9 Å². The summed E-state index contributed by atoms with van der Waals surface area (Å²) in [5, 5.41) is 17.3. The van der Waals surface area contributed by atoms with Crippen LogP contribution in [-0.4, -0.2) is 74.9 Å². The molecule has 34 heavy (non-hydrogen) atoms. The van der Waals surface area contributed by atoms with Crippen LogP contribution in [0.25, 0.3) is 0 Å². The van der Waals surface area contributed by atoms with Crippen LogP contribution >= 0.6 is 11.8 Å². The average Bonchev–Trinajstić information content (AvgIpc) is 3.26. The van der Waals surface area contributed by atoms with Crippen LogP contribution in [0.15, 0.2) is 12.5 Å². The van der Waals surface area contributed by atoms with Crippen LogP contribution in [-0.2, 0) is 25.6 Å². The molecule has 1 rings (SSSR count). The molecule has 0 radical (unpaired) electrons. The first-order chi connectivity index (χ1) is 16.0. The Balaban J connectivity index is 2.92. The van der Waals surface area contributed by atoms with Gasteiger partial charge in [0.25, 0.3) is 0 Å². The highest BCUT2D eigenvalue weighted by atomic mass is 32.2. The quantitative estimate of drug-likeness (QED) is 0.199. The van der Waals surface area contributed by atoms with Crippen molar-refractivity contribution in [3.8, 4) is 0 Å². The number of hydrogen-bond acceptors (Lipinski definition) is 7. The molecule has 0 aliphatic heterocycles. The fourth-order valence-electron chi connectivity index (χ4n) is 3.25. The van der Waals surface area contributed by atoms with Crippen molar-refractivity contribution in [1.29, 1.82) is 0 Å². The summed E-state index contributed by atoms with van der Waals surface area (Å²) in [6.07, 6.45) is 5.82. The lowest BCUT2D eigenvalue weighted by molar-refractivity contribution is -0.143. The van der Waals surface area contributed by atoms with Crippen LogP contribution in [0.3, 0.4) is 0 Å². The Labute approximate surface area is 204 Å². The van der Waals surface area contributed by atoms with E-state index in [0.717, 1.165) is 0 Å². The predicted octanol–water partition coefficient (Wildman–Crippen LogP) is 0.274. The Morgan fingerprint density at radius 1 is 1.06 bits per heavy atom. The zero-order valence-electron chi connectivity index (χ0n) is 20.5. The van der Waals surface area contributed by atoms with Crippen LogP contribution in [0.5, 0.6) is 0 Å². The van der Waals surface area contributed by atoms with E-state index in [4.69, 9.17) is 5.73 Å². The van der Waals surface area contributed by atoms with E-state index in [1.54, 1.807) is 20.0 Å². The van der Waals surface area contributed by atoms with E-state index in [-0.39, 0.29) is 18.3 Å². The Morgan fingerprint density at radius 2 is 1.68 bits per heavy atom. The Hall–Kier alpha value is -2.60. The first-order valence-corrected chi connectivity index (χ1v) is 12.7. The Bertz CT molecular complexity index is 802. The molecular formula is C22H38N6O5S. The van der Waals surface area contributed by atoms with Crippen LogP contribution in [0.4, 0.5) is 0 Å². The molecule has 0 bridgehead atoms. The first kappa shape index (κ1) is 29.4. The Morgan fingerprint density at radius 3 is 2.18 bits per heavy atom. The zero-order chi connectivity index (χ0) is 25.8. The molecule has 0 saturated carbocycles. The van der Waals surface area contributed by atoms with E-state index in [1.165, 1.54) is 18.1 Å². The number of carboxylic acids is 1. The maximum Gasteiger partial charge on any atom is 0.326 e. The summed E-state index contributed by atoms with van der Waals surface area (Å²) in [6.45, 7) is 7.17. The number of imidazole rings is 1. The molecule has 0 aliphatic rings. The van der Waals surface area contributed by atoms with Gasteiger partial charge in [-0.25, -0.2) is 9.78 Å². The minimum absolute atomic E-state index is 0.0560. The number of amides is 3. The molecule has 4 atom stereocenters. The zero-order valence-corrected chi connectivity index (χ0v) is 21.3. The van der Waals surface area contributed by atoms with Gasteiger partial charge in [0.2, 0.25) is 17.7 Å². The van der Waals surface area contributed by atoms with E-state index in [9.17, 15) is 24.3 Å². The highest BCUT2D eigenvalue weighted by Crippen LogP contribution is 2.10. The van der Waals surface area contributed by atoms with Gasteiger partial charge in [0.05, 0.1) is 12.4 Å². The van der Waals surface area contributed by atoms with E-state index >= 15 is 0 Å². The third kappa shape index (κ3) is 10.1. The summed E-state index contributed by atoms with van der Waals surface area (Å²) in [4.78, 5) is 56.9. The summed E-state index contributed by atoms with van der Waals surface area (Å²) < 4.78 is 0. The lowest BCUT2D eigenvalue weighted by Crippen LogP contribution is -2.58. The molecular weight excluding hydrogens is 460 g/mol. The van der Waals surface area contributed by atoms with Gasteiger partial charge in [0.15, 0.2) is 0 Å². The fourth-order valence-corrected chi connectivity index (χ4v) is 3.72. The van der Waals surface area contributed by atoms with Gasteiger partial charge in [-0.15, -0.1) is 0 Å². The van der Waals surface area contributed by atoms with E-state index < -0.39 is 47.9 Å². The van der Waals surface area contributed by atoms with Gasteiger partial charge in [-0.2, -0.15) is 11.8 Å². The summed E-state index contributed by atoms with van der Waals surface area (Å²) in [5.41, 5.74) is 6.69. The molecule has 1 aromatic heterocycles. The predicted molar refractivity (Wildman–Crippen MR) is 131 cm³/mol. The standard InChI is InChI=1S/C22H38N6O5S/c1-12(2)8-17(21(31)28-18(13(3)4)22(32)33)27-20(30)16(6-7-34-5)26-19(29)15(23)9-14-10-24-11-25-14/h10-13,15-18H,6-9,23H2,1-5H3,(H,24,25)(H,26,29)(H,27,30)(H,28,31)(H,32,33). The van der Waals surface area contributed by atoms with Crippen molar-refractivity contribution in [3.05, 3.63) is 18.2 Å². The SMILES string of the molecule is CSCCC(NC(=O)C(N)Cc1cnc[nH]1)C(=O)NC(CC(C)C)C(=O)NC(C(=O)O)C(C)C. The van der Waals surface area contributed by atoms with Crippen LogP contribution in [0, 0.1) is 11.8 Å². The topological polar surface area (TPSA) is 179 Å². The van der Waals surface area contributed by atoms with Crippen molar-refractivity contribution < 1.29 is 24.3 Å². The molecule has 0 spiro atoms. The number of hydrogen-bond donors (Lipinski definition) is 6. The molecule has 12 heteroatoms. The molecule has 0 aliphatic carbocycles. The maximum absolute atomic E-state index is 13.1. The van der Waals surface area contributed by atoms with Crippen LogP contribution < -0.4 is 21.7 Å². The molecule has 7 N–H and O–H groups in total. The monoisotopic (exact) mass is 498 g/mol. The van der Waals surface area contributed by atoms with Crippen molar-refractivity contribution in [3.63, 3.8) is 0 Å². The number of carbonyl (C=O) groups excluding carboxylic acids is 3. The maximum atomic E-state index is 13.1. The van der Waals surface area contributed by atoms with E-state index in [1.807, 2.05) is 20.1 Å². The molecule has 0 saturated heterocycles. The van der Waals surface area contributed by atoms with Gasteiger partial charge in [0, 0.05) is 18.3 Å². The number of carbonyl (C=O) groups is 4. The van der Waals surface area contributed by atoms with Crippen molar-refractivity contribution >= 4 is 35.5 Å². The van der Waals surface area contributed by atoms with Crippen molar-refractivity contribution in [2.45, 2.75) is 71.1 Å². The average molecular weight is 499 g/mol. The number of nitrogens with zero attached hydrogens (tertiary/aromatic N) is 1. The number of rotatable bonds is 15. The summed E-state index contributed by atoms with van der Waals surface area (Å²) >= 11 is 1.52. The second-order valence-corrected chi connectivity index (χ2v) is 9.97. The third-order valence-electron chi connectivity index (χ3n) is 5.15.